The van der Waals surface area contributed by atoms with E-state index >= 15 is 0 Å². The lowest BCUT2D eigenvalue weighted by molar-refractivity contribution is -0.107. The summed E-state index contributed by atoms with van der Waals surface area (Å²) in [6.07, 6.45) is 5.03. The predicted molar refractivity (Wildman–Crippen MR) is 89.5 cm³/mol. The lowest BCUT2D eigenvalue weighted by atomic mass is 9.97. The molecule has 0 amide bonds. The van der Waals surface area contributed by atoms with Gasteiger partial charge in [-0.3, -0.25) is 0 Å². The summed E-state index contributed by atoms with van der Waals surface area (Å²) in [5, 5.41) is 3.42. The van der Waals surface area contributed by atoms with Crippen molar-refractivity contribution in [2.24, 2.45) is 0 Å². The van der Waals surface area contributed by atoms with Crippen LogP contribution in [0, 0.1) is 6.92 Å². The van der Waals surface area contributed by atoms with Crippen molar-refractivity contribution < 1.29 is 4.79 Å². The Morgan fingerprint density at radius 2 is 2.29 bits per heavy atom. The van der Waals surface area contributed by atoms with E-state index in [1.54, 1.807) is 11.3 Å². The number of nitrogens with zero attached hydrogens (tertiary/aromatic N) is 1. The van der Waals surface area contributed by atoms with E-state index < -0.39 is 0 Å². The average molecular weight is 313 g/mol. The molecule has 1 aliphatic carbocycles. The molecule has 0 fully saturated rings. The molecule has 4 heteroatoms. The van der Waals surface area contributed by atoms with Gasteiger partial charge in [0, 0.05) is 32.8 Å². The molecule has 0 radical (unpaired) electrons. The van der Waals surface area contributed by atoms with Crippen LogP contribution in [0.3, 0.4) is 0 Å². The number of rotatable bonds is 3. The number of thiophene rings is 2. The second-order valence-corrected chi connectivity index (χ2v) is 7.47. The molecule has 106 valence electrons. The van der Waals surface area contributed by atoms with Gasteiger partial charge in [0.1, 0.15) is 11.1 Å². The van der Waals surface area contributed by atoms with Crippen molar-refractivity contribution in [1.29, 1.82) is 0 Å². The van der Waals surface area contributed by atoms with E-state index in [-0.39, 0.29) is 0 Å². The Kier molecular flexibility index (Phi) is 3.16. The summed E-state index contributed by atoms with van der Waals surface area (Å²) in [6.45, 7) is 2.03. The van der Waals surface area contributed by atoms with Crippen LogP contribution in [-0.2, 0) is 24.1 Å². The lowest BCUT2D eigenvalue weighted by Crippen LogP contribution is -1.99. The fourth-order valence-corrected chi connectivity index (χ4v) is 5.42. The lowest BCUT2D eigenvalue weighted by Gasteiger charge is -2.11. The molecule has 21 heavy (non-hydrogen) atoms. The summed E-state index contributed by atoms with van der Waals surface area (Å²) in [5.41, 5.74) is 4.85. The molecular formula is C17H15NOS2. The summed E-state index contributed by atoms with van der Waals surface area (Å²) in [5.74, 6) is 0. The van der Waals surface area contributed by atoms with Crippen LogP contribution in [0.25, 0.3) is 20.7 Å². The molecule has 0 unspecified atom stereocenters. The molecule has 0 saturated carbocycles. The van der Waals surface area contributed by atoms with Crippen LogP contribution in [0.4, 0.5) is 0 Å². The zero-order valence-electron chi connectivity index (χ0n) is 11.8. The number of pyridine rings is 1. The van der Waals surface area contributed by atoms with Gasteiger partial charge in [-0.25, -0.2) is 4.98 Å². The molecule has 0 aromatic carbocycles. The highest BCUT2D eigenvalue weighted by Crippen LogP contribution is 2.44. The molecule has 3 aromatic heterocycles. The average Bonchev–Trinajstić information content (AvgIpc) is 3.15. The fraction of sp³-hybridized carbons (Fsp3) is 0.294. The van der Waals surface area contributed by atoms with Gasteiger partial charge in [0.2, 0.25) is 0 Å². The Balaban J connectivity index is 2.13. The molecule has 0 saturated heterocycles. The predicted octanol–water partition coefficient (Wildman–Crippen LogP) is 4.56. The van der Waals surface area contributed by atoms with Gasteiger partial charge in [-0.15, -0.1) is 22.7 Å². The number of aromatic nitrogens is 1. The van der Waals surface area contributed by atoms with Gasteiger partial charge in [0.15, 0.2) is 0 Å². The van der Waals surface area contributed by atoms with Crippen LogP contribution < -0.4 is 0 Å². The summed E-state index contributed by atoms with van der Waals surface area (Å²) < 4.78 is 0. The number of carbonyl (C=O) groups is 1. The van der Waals surface area contributed by atoms with Crippen molar-refractivity contribution in [3.05, 3.63) is 39.2 Å². The van der Waals surface area contributed by atoms with Crippen LogP contribution in [0.15, 0.2) is 17.5 Å². The van der Waals surface area contributed by atoms with Gasteiger partial charge in [-0.2, -0.15) is 0 Å². The minimum atomic E-state index is 0.451. The van der Waals surface area contributed by atoms with E-state index in [1.807, 2.05) is 18.3 Å². The third-order valence-corrected chi connectivity index (χ3v) is 6.29. The Morgan fingerprint density at radius 1 is 1.38 bits per heavy atom. The summed E-state index contributed by atoms with van der Waals surface area (Å²) in [7, 11) is 0. The van der Waals surface area contributed by atoms with Crippen molar-refractivity contribution in [1.82, 2.24) is 4.98 Å². The first-order valence-electron chi connectivity index (χ1n) is 7.21. The molecule has 3 aromatic rings. The van der Waals surface area contributed by atoms with Crippen molar-refractivity contribution in [2.75, 3.05) is 0 Å². The maximum atomic E-state index is 11.1. The van der Waals surface area contributed by atoms with E-state index in [1.165, 1.54) is 39.1 Å². The van der Waals surface area contributed by atoms with Crippen LogP contribution in [0.5, 0.6) is 0 Å². The van der Waals surface area contributed by atoms with Gasteiger partial charge < -0.3 is 4.79 Å². The molecule has 0 bridgehead atoms. The Hall–Kier alpha value is -1.52. The summed E-state index contributed by atoms with van der Waals surface area (Å²) in [4.78, 5) is 19.8. The summed E-state index contributed by atoms with van der Waals surface area (Å²) in [6, 6.07) is 4.24. The van der Waals surface area contributed by atoms with E-state index in [0.717, 1.165) is 28.8 Å². The monoisotopic (exact) mass is 313 g/mol. The SMILES string of the molecule is Cc1nc2sc3c(c2c(-c2cccs2)c1CC=O)CCC3. The van der Waals surface area contributed by atoms with E-state index in [4.69, 9.17) is 4.98 Å². The smallest absolute Gasteiger partial charge is 0.124 e. The van der Waals surface area contributed by atoms with E-state index in [0.29, 0.717) is 6.42 Å². The zero-order chi connectivity index (χ0) is 14.4. The fourth-order valence-electron chi connectivity index (χ4n) is 3.30. The maximum Gasteiger partial charge on any atom is 0.124 e. The van der Waals surface area contributed by atoms with Crippen LogP contribution >= 0.6 is 22.7 Å². The third-order valence-electron chi connectivity index (χ3n) is 4.22. The number of fused-ring (bicyclic) bond motifs is 3. The first kappa shape index (κ1) is 13.2. The van der Waals surface area contributed by atoms with E-state index in [2.05, 4.69) is 17.5 Å². The molecular weight excluding hydrogens is 298 g/mol. The van der Waals surface area contributed by atoms with E-state index in [9.17, 15) is 4.79 Å². The largest absolute Gasteiger partial charge is 0.303 e. The molecule has 0 aliphatic heterocycles. The van der Waals surface area contributed by atoms with Crippen LogP contribution in [0.1, 0.15) is 28.1 Å². The number of carbonyl (C=O) groups excluding carboxylic acids is 1. The Labute approximate surface area is 131 Å². The Morgan fingerprint density at radius 3 is 3.05 bits per heavy atom. The highest BCUT2D eigenvalue weighted by Gasteiger charge is 2.24. The first-order valence-corrected chi connectivity index (χ1v) is 8.90. The number of aldehydes is 1. The van der Waals surface area contributed by atoms with Gasteiger partial charge in [-0.05, 0) is 48.8 Å². The molecule has 0 spiro atoms. The second kappa shape index (κ2) is 5.04. The normalized spacial score (nSPS) is 13.8. The van der Waals surface area contributed by atoms with Crippen molar-refractivity contribution in [2.45, 2.75) is 32.6 Å². The minimum Gasteiger partial charge on any atom is -0.303 e. The van der Waals surface area contributed by atoms with Gasteiger partial charge in [0.25, 0.3) is 0 Å². The molecule has 4 rings (SSSR count). The molecule has 3 heterocycles. The quantitative estimate of drug-likeness (QED) is 0.663. The van der Waals surface area contributed by atoms with Crippen LogP contribution in [-0.4, -0.2) is 11.3 Å². The van der Waals surface area contributed by atoms with Crippen LogP contribution in [0.2, 0.25) is 0 Å². The number of hydrogen-bond acceptors (Lipinski definition) is 4. The first-order chi connectivity index (χ1) is 10.3. The van der Waals surface area contributed by atoms with Crippen molar-refractivity contribution in [3.8, 4) is 10.4 Å². The second-order valence-electron chi connectivity index (χ2n) is 5.44. The highest BCUT2D eigenvalue weighted by molar-refractivity contribution is 7.19. The third kappa shape index (κ3) is 1.97. The number of hydrogen-bond donors (Lipinski definition) is 0. The molecule has 2 nitrogen and oxygen atoms in total. The minimum absolute atomic E-state index is 0.451. The van der Waals surface area contributed by atoms with Gasteiger partial charge >= 0.3 is 0 Å². The van der Waals surface area contributed by atoms with Crippen molar-refractivity contribution >= 4 is 39.2 Å². The van der Waals surface area contributed by atoms with Gasteiger partial charge in [-0.1, -0.05) is 6.07 Å². The molecule has 0 atom stereocenters. The van der Waals surface area contributed by atoms with Gasteiger partial charge in [0.05, 0.1) is 0 Å². The molecule has 1 aliphatic rings. The number of aryl methyl sites for hydroxylation is 3. The van der Waals surface area contributed by atoms with Crippen molar-refractivity contribution in [3.63, 3.8) is 0 Å². The topological polar surface area (TPSA) is 30.0 Å². The summed E-state index contributed by atoms with van der Waals surface area (Å²) >= 11 is 3.59. The Bertz CT molecular complexity index is 830. The zero-order valence-corrected chi connectivity index (χ0v) is 13.4. The highest BCUT2D eigenvalue weighted by atomic mass is 32.1. The maximum absolute atomic E-state index is 11.1. The standard InChI is InChI=1S/C17H15NOS2/c1-10-11(7-8-19)15(14-6-3-9-20-14)16-12-4-2-5-13(12)21-17(16)18-10/h3,6,8-9H,2,4-5,7H2,1H3. The molecule has 0 N–H and O–H groups in total.